The molecule has 0 saturated carbocycles. The van der Waals surface area contributed by atoms with Gasteiger partial charge in [0.1, 0.15) is 0 Å². The Morgan fingerprint density at radius 2 is 2.25 bits per heavy atom. The standard InChI is InChI=1S/C14H17N3OS.ClH/c1-8(10-6-15-7-10)14(18)17-11-3-4-12-13(5-11)19-9(2)16-12;/h3-5,8,10,15H,6-7H2,1-2H3,(H,17,18);1H. The highest BCUT2D eigenvalue weighted by Crippen LogP contribution is 2.25. The largest absolute Gasteiger partial charge is 0.326 e. The molecule has 0 spiro atoms. The van der Waals surface area contributed by atoms with Crippen LogP contribution in [-0.4, -0.2) is 24.0 Å². The van der Waals surface area contributed by atoms with Gasteiger partial charge in [-0.2, -0.15) is 0 Å². The molecule has 1 aliphatic rings. The van der Waals surface area contributed by atoms with Crippen molar-refractivity contribution in [1.29, 1.82) is 0 Å². The third kappa shape index (κ3) is 2.95. The topological polar surface area (TPSA) is 54.0 Å². The van der Waals surface area contributed by atoms with Gasteiger partial charge in [-0.1, -0.05) is 6.92 Å². The van der Waals surface area contributed by atoms with Crippen LogP contribution in [0.5, 0.6) is 0 Å². The van der Waals surface area contributed by atoms with E-state index in [4.69, 9.17) is 0 Å². The molecule has 1 atom stereocenters. The fraction of sp³-hybridized carbons (Fsp3) is 0.429. The smallest absolute Gasteiger partial charge is 0.227 e. The number of anilines is 1. The van der Waals surface area contributed by atoms with Gasteiger partial charge >= 0.3 is 0 Å². The maximum Gasteiger partial charge on any atom is 0.227 e. The number of benzene rings is 1. The van der Waals surface area contributed by atoms with E-state index in [2.05, 4.69) is 15.6 Å². The van der Waals surface area contributed by atoms with E-state index >= 15 is 0 Å². The van der Waals surface area contributed by atoms with Crippen molar-refractivity contribution in [3.8, 4) is 0 Å². The molecule has 1 aromatic heterocycles. The van der Waals surface area contributed by atoms with E-state index in [0.29, 0.717) is 5.92 Å². The summed E-state index contributed by atoms with van der Waals surface area (Å²) in [7, 11) is 0. The molecule has 0 bridgehead atoms. The van der Waals surface area contributed by atoms with Crippen LogP contribution in [-0.2, 0) is 4.79 Å². The third-order valence-electron chi connectivity index (χ3n) is 3.70. The zero-order chi connectivity index (χ0) is 13.4. The monoisotopic (exact) mass is 311 g/mol. The highest BCUT2D eigenvalue weighted by molar-refractivity contribution is 7.18. The van der Waals surface area contributed by atoms with Crippen molar-refractivity contribution in [2.75, 3.05) is 18.4 Å². The summed E-state index contributed by atoms with van der Waals surface area (Å²) >= 11 is 1.65. The molecule has 2 N–H and O–H groups in total. The first-order chi connectivity index (χ1) is 9.13. The first kappa shape index (κ1) is 15.2. The minimum absolute atomic E-state index is 0. The Balaban J connectivity index is 0.00000147. The van der Waals surface area contributed by atoms with Crippen molar-refractivity contribution in [1.82, 2.24) is 10.3 Å². The molecule has 0 radical (unpaired) electrons. The molecule has 1 aromatic carbocycles. The Labute approximate surface area is 128 Å². The first-order valence-electron chi connectivity index (χ1n) is 6.52. The van der Waals surface area contributed by atoms with Gasteiger partial charge in [-0.25, -0.2) is 4.98 Å². The lowest BCUT2D eigenvalue weighted by atomic mass is 9.88. The molecule has 2 heterocycles. The van der Waals surface area contributed by atoms with E-state index in [1.807, 2.05) is 32.0 Å². The number of halogens is 1. The molecule has 1 fully saturated rings. The summed E-state index contributed by atoms with van der Waals surface area (Å²) in [5, 5.41) is 7.25. The lowest BCUT2D eigenvalue weighted by Crippen LogP contribution is -2.48. The van der Waals surface area contributed by atoms with Gasteiger partial charge in [0.2, 0.25) is 5.91 Å². The molecule has 108 valence electrons. The summed E-state index contributed by atoms with van der Waals surface area (Å²) in [6.07, 6.45) is 0. The zero-order valence-corrected chi connectivity index (χ0v) is 13.1. The predicted molar refractivity (Wildman–Crippen MR) is 85.8 cm³/mol. The number of carbonyl (C=O) groups excluding carboxylic acids is 1. The molecule has 6 heteroatoms. The van der Waals surface area contributed by atoms with Gasteiger partial charge in [0.25, 0.3) is 0 Å². The molecule has 4 nitrogen and oxygen atoms in total. The lowest BCUT2D eigenvalue weighted by molar-refractivity contribution is -0.121. The molecule has 20 heavy (non-hydrogen) atoms. The number of fused-ring (bicyclic) bond motifs is 1. The normalized spacial score (nSPS) is 16.3. The second-order valence-electron chi connectivity index (χ2n) is 5.11. The Bertz CT molecular complexity index is 624. The van der Waals surface area contributed by atoms with Gasteiger partial charge in [0, 0.05) is 11.6 Å². The molecule has 1 aliphatic heterocycles. The van der Waals surface area contributed by atoms with Crippen LogP contribution in [0.25, 0.3) is 10.2 Å². The number of thiazole rings is 1. The highest BCUT2D eigenvalue weighted by atomic mass is 35.5. The van der Waals surface area contributed by atoms with Gasteiger partial charge in [-0.15, -0.1) is 23.7 Å². The van der Waals surface area contributed by atoms with E-state index in [-0.39, 0.29) is 24.2 Å². The highest BCUT2D eigenvalue weighted by Gasteiger charge is 2.28. The number of carbonyl (C=O) groups is 1. The summed E-state index contributed by atoms with van der Waals surface area (Å²) in [5.74, 6) is 0.626. The van der Waals surface area contributed by atoms with Gasteiger partial charge in [-0.3, -0.25) is 4.79 Å². The maximum atomic E-state index is 12.1. The van der Waals surface area contributed by atoms with Crippen LogP contribution >= 0.6 is 23.7 Å². The number of aromatic nitrogens is 1. The summed E-state index contributed by atoms with van der Waals surface area (Å²) in [4.78, 5) is 16.6. The Kier molecular flexibility index (Phi) is 4.62. The van der Waals surface area contributed by atoms with Crippen molar-refractivity contribution < 1.29 is 4.79 Å². The van der Waals surface area contributed by atoms with Gasteiger partial charge in [0.15, 0.2) is 0 Å². The maximum absolute atomic E-state index is 12.1. The first-order valence-corrected chi connectivity index (χ1v) is 7.34. The zero-order valence-electron chi connectivity index (χ0n) is 11.5. The van der Waals surface area contributed by atoms with E-state index in [1.54, 1.807) is 11.3 Å². The second kappa shape index (κ2) is 6.08. The van der Waals surface area contributed by atoms with Crippen molar-refractivity contribution >= 4 is 45.6 Å². The van der Waals surface area contributed by atoms with Crippen LogP contribution in [0.15, 0.2) is 18.2 Å². The molecular weight excluding hydrogens is 294 g/mol. The summed E-state index contributed by atoms with van der Waals surface area (Å²) in [6.45, 7) is 5.88. The number of hydrogen-bond donors (Lipinski definition) is 2. The van der Waals surface area contributed by atoms with Crippen LogP contribution in [0.4, 0.5) is 5.69 Å². The van der Waals surface area contributed by atoms with Crippen molar-refractivity contribution in [3.05, 3.63) is 23.2 Å². The van der Waals surface area contributed by atoms with E-state index in [9.17, 15) is 4.79 Å². The fourth-order valence-corrected chi connectivity index (χ4v) is 3.12. The van der Waals surface area contributed by atoms with Crippen LogP contribution in [0.1, 0.15) is 11.9 Å². The number of amides is 1. The average Bonchev–Trinajstić information content (AvgIpc) is 2.66. The summed E-state index contributed by atoms with van der Waals surface area (Å²) in [6, 6.07) is 5.89. The third-order valence-corrected chi connectivity index (χ3v) is 4.63. The predicted octanol–water partition coefficient (Wildman–Crippen LogP) is 2.82. The molecule has 3 rings (SSSR count). The molecule has 0 aliphatic carbocycles. The quantitative estimate of drug-likeness (QED) is 0.916. The van der Waals surface area contributed by atoms with Gasteiger partial charge in [-0.05, 0) is 44.1 Å². The minimum atomic E-state index is 0. The molecule has 1 unspecified atom stereocenters. The van der Waals surface area contributed by atoms with Gasteiger partial charge < -0.3 is 10.6 Å². The van der Waals surface area contributed by atoms with Crippen LogP contribution < -0.4 is 10.6 Å². The average molecular weight is 312 g/mol. The van der Waals surface area contributed by atoms with E-state index in [0.717, 1.165) is 34.0 Å². The Morgan fingerprint density at radius 1 is 1.50 bits per heavy atom. The fourth-order valence-electron chi connectivity index (χ4n) is 2.25. The van der Waals surface area contributed by atoms with E-state index in [1.165, 1.54) is 0 Å². The summed E-state index contributed by atoms with van der Waals surface area (Å²) < 4.78 is 1.12. The number of nitrogens with zero attached hydrogens (tertiary/aromatic N) is 1. The summed E-state index contributed by atoms with van der Waals surface area (Å²) in [5.41, 5.74) is 1.86. The van der Waals surface area contributed by atoms with Crippen LogP contribution in [0, 0.1) is 18.8 Å². The molecular formula is C14H18ClN3OS. The number of hydrogen-bond acceptors (Lipinski definition) is 4. The number of aryl methyl sites for hydroxylation is 1. The van der Waals surface area contributed by atoms with Gasteiger partial charge in [0.05, 0.1) is 15.2 Å². The van der Waals surface area contributed by atoms with Crippen molar-refractivity contribution in [2.45, 2.75) is 13.8 Å². The SMILES string of the molecule is Cc1nc2ccc(NC(=O)C(C)C3CNC3)cc2s1.Cl. The van der Waals surface area contributed by atoms with Crippen molar-refractivity contribution in [3.63, 3.8) is 0 Å². The second-order valence-corrected chi connectivity index (χ2v) is 6.35. The molecule has 1 saturated heterocycles. The van der Waals surface area contributed by atoms with Crippen molar-refractivity contribution in [2.24, 2.45) is 11.8 Å². The van der Waals surface area contributed by atoms with E-state index < -0.39 is 0 Å². The Morgan fingerprint density at radius 3 is 2.90 bits per heavy atom. The molecule has 1 amide bonds. The Hall–Kier alpha value is -1.17. The number of rotatable bonds is 3. The lowest BCUT2D eigenvalue weighted by Gasteiger charge is -2.31. The van der Waals surface area contributed by atoms with Crippen LogP contribution in [0.3, 0.4) is 0 Å². The van der Waals surface area contributed by atoms with Crippen LogP contribution in [0.2, 0.25) is 0 Å². The number of nitrogens with one attached hydrogen (secondary N) is 2. The molecule has 2 aromatic rings. The minimum Gasteiger partial charge on any atom is -0.326 e.